The summed E-state index contributed by atoms with van der Waals surface area (Å²) in [7, 11) is 1.30. The number of nitrogens with zero attached hydrogens (tertiary/aromatic N) is 4. The lowest BCUT2D eigenvalue weighted by molar-refractivity contribution is -0.479. The van der Waals surface area contributed by atoms with Gasteiger partial charge in [0.2, 0.25) is 6.54 Å². The van der Waals surface area contributed by atoms with Crippen LogP contribution in [0.4, 0.5) is 0 Å². The third-order valence-corrected chi connectivity index (χ3v) is 5.58. The third-order valence-electron chi connectivity index (χ3n) is 4.15. The molecular formula is C19H17ClN4O4S. The van der Waals surface area contributed by atoms with Crippen LogP contribution in [0.15, 0.2) is 53.7 Å². The second kappa shape index (κ2) is 9.06. The van der Waals surface area contributed by atoms with Crippen LogP contribution in [0.5, 0.6) is 0 Å². The zero-order chi connectivity index (χ0) is 21.0. The molecule has 29 heavy (non-hydrogen) atoms. The van der Waals surface area contributed by atoms with Gasteiger partial charge in [-0.2, -0.15) is 0 Å². The Bertz CT molecular complexity index is 1020. The van der Waals surface area contributed by atoms with Gasteiger partial charge in [0.1, 0.15) is 11.1 Å². The van der Waals surface area contributed by atoms with Crippen molar-refractivity contribution in [3.63, 3.8) is 0 Å². The number of aryl methyl sites for hydroxylation is 1. The highest BCUT2D eigenvalue weighted by atomic mass is 35.5. The zero-order valence-electron chi connectivity index (χ0n) is 15.6. The van der Waals surface area contributed by atoms with E-state index in [9.17, 15) is 14.9 Å². The number of benzene rings is 2. The van der Waals surface area contributed by atoms with Gasteiger partial charge in [-0.3, -0.25) is 14.7 Å². The molecule has 0 aliphatic carbocycles. The van der Waals surface area contributed by atoms with Crippen LogP contribution in [-0.4, -0.2) is 39.3 Å². The highest BCUT2D eigenvalue weighted by Gasteiger charge is 2.24. The maximum atomic E-state index is 11.6. The van der Waals surface area contributed by atoms with E-state index in [2.05, 4.69) is 14.9 Å². The van der Waals surface area contributed by atoms with Gasteiger partial charge in [0.15, 0.2) is 5.16 Å². The molecule has 0 aliphatic heterocycles. The molecule has 0 amide bonds. The van der Waals surface area contributed by atoms with Crippen molar-refractivity contribution < 1.29 is 14.5 Å². The molecule has 0 spiro atoms. The fourth-order valence-corrected chi connectivity index (χ4v) is 4.03. The van der Waals surface area contributed by atoms with Gasteiger partial charge in [0.25, 0.3) is 0 Å². The molecule has 2 aromatic carbocycles. The van der Waals surface area contributed by atoms with Crippen LogP contribution in [0, 0.1) is 17.0 Å². The molecule has 150 valence electrons. The average molecular weight is 433 g/mol. The van der Waals surface area contributed by atoms with Crippen molar-refractivity contribution in [2.75, 3.05) is 13.7 Å². The van der Waals surface area contributed by atoms with E-state index in [1.807, 2.05) is 16.7 Å². The topological polar surface area (TPSA) is 100 Å². The molecule has 0 fully saturated rings. The van der Waals surface area contributed by atoms with Crippen molar-refractivity contribution in [2.24, 2.45) is 0 Å². The van der Waals surface area contributed by atoms with Crippen molar-refractivity contribution in [3.05, 3.63) is 80.6 Å². The summed E-state index contributed by atoms with van der Waals surface area (Å²) in [5.74, 6) is 0.184. The number of carbonyl (C=O) groups is 1. The Morgan fingerprint density at radius 1 is 1.21 bits per heavy atom. The number of rotatable bonds is 7. The Labute approximate surface area is 176 Å². The summed E-state index contributed by atoms with van der Waals surface area (Å²) in [6, 6.07) is 13.7. The zero-order valence-corrected chi connectivity index (χ0v) is 17.2. The second-order valence-corrected chi connectivity index (χ2v) is 7.68. The lowest BCUT2D eigenvalue weighted by Gasteiger charge is -2.14. The first kappa shape index (κ1) is 20.8. The molecule has 1 atom stereocenters. The van der Waals surface area contributed by atoms with Gasteiger partial charge in [-0.1, -0.05) is 35.5 Å². The Morgan fingerprint density at radius 3 is 2.45 bits per heavy atom. The molecule has 3 aromatic rings. The van der Waals surface area contributed by atoms with E-state index in [1.165, 1.54) is 18.9 Å². The molecule has 10 heteroatoms. The molecule has 3 rings (SSSR count). The standard InChI is InChI=1S/C19H17ClN4O4S/c1-12-21-22-19(24(12)16-9-7-15(20)8-10-16)29-17(11-23(26)27)13-3-5-14(6-4-13)18(25)28-2/h3-10,17H,11H2,1-2H3/t17-/m0/s1. The molecule has 0 saturated heterocycles. The fraction of sp³-hybridized carbons (Fsp3) is 0.211. The molecular weight excluding hydrogens is 416 g/mol. The van der Waals surface area contributed by atoms with Crippen LogP contribution >= 0.6 is 23.4 Å². The van der Waals surface area contributed by atoms with Gasteiger partial charge in [-0.05, 0) is 48.9 Å². The van der Waals surface area contributed by atoms with Gasteiger partial charge in [0.05, 0.1) is 12.7 Å². The van der Waals surface area contributed by atoms with Gasteiger partial charge in [-0.25, -0.2) is 4.79 Å². The Balaban J connectivity index is 1.93. The minimum atomic E-state index is -0.522. The summed E-state index contributed by atoms with van der Waals surface area (Å²) in [5, 5.41) is 20.2. The number of hydrogen-bond acceptors (Lipinski definition) is 7. The van der Waals surface area contributed by atoms with Crippen molar-refractivity contribution >= 4 is 29.3 Å². The van der Waals surface area contributed by atoms with Gasteiger partial charge in [0, 0.05) is 15.6 Å². The number of ether oxygens (including phenoxy) is 1. The van der Waals surface area contributed by atoms with Crippen LogP contribution in [0.25, 0.3) is 5.69 Å². The molecule has 1 aromatic heterocycles. The first-order valence-corrected chi connectivity index (χ1v) is 9.79. The van der Waals surface area contributed by atoms with E-state index in [4.69, 9.17) is 11.6 Å². The van der Waals surface area contributed by atoms with Crippen LogP contribution in [0.2, 0.25) is 5.02 Å². The van der Waals surface area contributed by atoms with E-state index in [0.717, 1.165) is 5.69 Å². The fourth-order valence-electron chi connectivity index (χ4n) is 2.73. The van der Waals surface area contributed by atoms with Crippen molar-refractivity contribution in [3.8, 4) is 5.69 Å². The normalized spacial score (nSPS) is 11.8. The van der Waals surface area contributed by atoms with Crippen molar-refractivity contribution in [2.45, 2.75) is 17.3 Å². The molecule has 0 saturated carbocycles. The first-order chi connectivity index (χ1) is 13.9. The minimum Gasteiger partial charge on any atom is -0.465 e. The SMILES string of the molecule is COC(=O)c1ccc([C@H](C[N+](=O)[O-])Sc2nnc(C)n2-c2ccc(Cl)cc2)cc1. The Morgan fingerprint density at radius 2 is 1.86 bits per heavy atom. The van der Waals surface area contributed by atoms with Crippen LogP contribution in [0.1, 0.15) is 27.0 Å². The van der Waals surface area contributed by atoms with Gasteiger partial charge in [-0.15, -0.1) is 10.2 Å². The number of methoxy groups -OCH3 is 1. The number of carbonyl (C=O) groups excluding carboxylic acids is 1. The Hall–Kier alpha value is -2.91. The second-order valence-electron chi connectivity index (χ2n) is 6.08. The number of thioether (sulfide) groups is 1. The Kier molecular flexibility index (Phi) is 6.50. The maximum Gasteiger partial charge on any atom is 0.337 e. The third kappa shape index (κ3) is 4.93. The number of esters is 1. The highest BCUT2D eigenvalue weighted by Crippen LogP contribution is 2.36. The van der Waals surface area contributed by atoms with Crippen LogP contribution < -0.4 is 0 Å². The quantitative estimate of drug-likeness (QED) is 0.239. The lowest BCUT2D eigenvalue weighted by Crippen LogP contribution is -2.11. The molecule has 8 nitrogen and oxygen atoms in total. The van der Waals surface area contributed by atoms with E-state index in [1.54, 1.807) is 43.3 Å². The largest absolute Gasteiger partial charge is 0.465 e. The monoisotopic (exact) mass is 432 g/mol. The molecule has 0 radical (unpaired) electrons. The summed E-state index contributed by atoms with van der Waals surface area (Å²) in [4.78, 5) is 22.5. The van der Waals surface area contributed by atoms with E-state index in [0.29, 0.717) is 27.1 Å². The van der Waals surface area contributed by atoms with E-state index >= 15 is 0 Å². The van der Waals surface area contributed by atoms with Crippen molar-refractivity contribution in [1.29, 1.82) is 0 Å². The summed E-state index contributed by atoms with van der Waals surface area (Å²) < 4.78 is 6.51. The van der Waals surface area contributed by atoms with Crippen LogP contribution in [0.3, 0.4) is 0 Å². The summed E-state index contributed by atoms with van der Waals surface area (Å²) in [5.41, 5.74) is 1.88. The molecule has 0 unspecified atom stereocenters. The lowest BCUT2D eigenvalue weighted by atomic mass is 10.1. The number of hydrogen-bond donors (Lipinski definition) is 0. The highest BCUT2D eigenvalue weighted by molar-refractivity contribution is 7.99. The molecule has 0 bridgehead atoms. The summed E-state index contributed by atoms with van der Waals surface area (Å²) >= 11 is 7.20. The smallest absolute Gasteiger partial charge is 0.337 e. The van der Waals surface area contributed by atoms with Crippen LogP contribution in [-0.2, 0) is 4.74 Å². The van der Waals surface area contributed by atoms with Gasteiger partial charge < -0.3 is 4.74 Å². The molecule has 0 N–H and O–H groups in total. The summed E-state index contributed by atoms with van der Waals surface area (Å²) in [6.45, 7) is 1.49. The average Bonchev–Trinajstić information content (AvgIpc) is 3.07. The predicted octanol–water partition coefficient (Wildman–Crippen LogP) is 4.13. The number of halogens is 1. The number of nitro groups is 1. The first-order valence-electron chi connectivity index (χ1n) is 8.53. The molecule has 0 aliphatic rings. The van der Waals surface area contributed by atoms with E-state index in [-0.39, 0.29) is 11.5 Å². The summed E-state index contributed by atoms with van der Waals surface area (Å²) in [6.07, 6.45) is 0. The van der Waals surface area contributed by atoms with E-state index < -0.39 is 11.2 Å². The minimum absolute atomic E-state index is 0.311. The predicted molar refractivity (Wildman–Crippen MR) is 109 cm³/mol. The molecule has 1 heterocycles. The maximum absolute atomic E-state index is 11.6. The van der Waals surface area contributed by atoms with Gasteiger partial charge >= 0.3 is 5.97 Å². The number of aromatic nitrogens is 3. The van der Waals surface area contributed by atoms with Crippen molar-refractivity contribution in [1.82, 2.24) is 14.8 Å².